The fraction of sp³-hybridized carbons (Fsp3) is 0.389. The number of methoxy groups -OCH3 is 1. The number of hydrogen-bond donors (Lipinski definition) is 2. The summed E-state index contributed by atoms with van der Waals surface area (Å²) in [4.78, 5) is 16.3. The van der Waals surface area contributed by atoms with Gasteiger partial charge in [0.2, 0.25) is 17.6 Å². The molecule has 132 valence electrons. The largest absolute Gasteiger partial charge is 0.497 e. The highest BCUT2D eigenvalue weighted by molar-refractivity contribution is 5.76. The third kappa shape index (κ3) is 4.90. The number of aryl methyl sites for hydroxylation is 1. The number of rotatable bonds is 7. The minimum Gasteiger partial charge on any atom is -0.497 e. The molecular formula is C18H22N4O3. The SMILES string of the molecule is COc1ccc(-c2noc(CCC(=O)NCC3=CCNCC3)n2)cc1. The predicted octanol–water partition coefficient (Wildman–Crippen LogP) is 1.71. The Balaban J connectivity index is 1.47. The van der Waals surface area contributed by atoms with Gasteiger partial charge >= 0.3 is 0 Å². The number of benzene rings is 1. The lowest BCUT2D eigenvalue weighted by Gasteiger charge is -2.14. The number of amides is 1. The molecule has 1 aliphatic heterocycles. The van der Waals surface area contributed by atoms with Gasteiger partial charge in [0, 0.05) is 31.5 Å². The highest BCUT2D eigenvalue weighted by Gasteiger charge is 2.11. The van der Waals surface area contributed by atoms with Crippen LogP contribution in [0, 0.1) is 0 Å². The fourth-order valence-corrected chi connectivity index (χ4v) is 2.56. The molecule has 0 aliphatic carbocycles. The molecule has 0 bridgehead atoms. The first-order valence-corrected chi connectivity index (χ1v) is 8.37. The quantitative estimate of drug-likeness (QED) is 0.745. The van der Waals surface area contributed by atoms with E-state index in [1.807, 2.05) is 24.3 Å². The molecule has 0 saturated carbocycles. The highest BCUT2D eigenvalue weighted by Crippen LogP contribution is 2.19. The lowest BCUT2D eigenvalue weighted by atomic mass is 10.1. The Kier molecular flexibility index (Phi) is 5.79. The lowest BCUT2D eigenvalue weighted by molar-refractivity contribution is -0.121. The van der Waals surface area contributed by atoms with Gasteiger partial charge in [-0.2, -0.15) is 4.98 Å². The molecule has 7 heteroatoms. The minimum absolute atomic E-state index is 0.0105. The minimum atomic E-state index is -0.0105. The van der Waals surface area contributed by atoms with E-state index in [9.17, 15) is 4.79 Å². The summed E-state index contributed by atoms with van der Waals surface area (Å²) in [6, 6.07) is 7.42. The summed E-state index contributed by atoms with van der Waals surface area (Å²) in [5.41, 5.74) is 2.12. The van der Waals surface area contributed by atoms with Crippen LogP contribution >= 0.6 is 0 Å². The molecule has 1 aliphatic rings. The van der Waals surface area contributed by atoms with Gasteiger partial charge in [-0.05, 0) is 37.2 Å². The van der Waals surface area contributed by atoms with Crippen LogP contribution in [0.2, 0.25) is 0 Å². The van der Waals surface area contributed by atoms with Gasteiger partial charge in [0.25, 0.3) is 0 Å². The van der Waals surface area contributed by atoms with Crippen molar-refractivity contribution in [2.75, 3.05) is 26.7 Å². The van der Waals surface area contributed by atoms with E-state index >= 15 is 0 Å². The van der Waals surface area contributed by atoms with Crippen molar-refractivity contribution in [2.24, 2.45) is 0 Å². The van der Waals surface area contributed by atoms with Gasteiger partial charge < -0.3 is 19.9 Å². The third-order valence-corrected chi connectivity index (χ3v) is 4.05. The smallest absolute Gasteiger partial charge is 0.227 e. The predicted molar refractivity (Wildman–Crippen MR) is 93.2 cm³/mol. The molecule has 0 atom stereocenters. The molecule has 0 spiro atoms. The van der Waals surface area contributed by atoms with Crippen molar-refractivity contribution in [1.29, 1.82) is 0 Å². The fourth-order valence-electron chi connectivity index (χ4n) is 2.56. The molecule has 25 heavy (non-hydrogen) atoms. The number of hydrogen-bond acceptors (Lipinski definition) is 6. The van der Waals surface area contributed by atoms with Gasteiger partial charge in [-0.25, -0.2) is 0 Å². The van der Waals surface area contributed by atoms with Crippen molar-refractivity contribution in [3.8, 4) is 17.1 Å². The molecule has 0 unspecified atom stereocenters. The molecule has 3 rings (SSSR count). The molecule has 2 aromatic rings. The maximum atomic E-state index is 11.9. The Morgan fingerprint density at radius 1 is 1.36 bits per heavy atom. The molecule has 0 radical (unpaired) electrons. The molecular weight excluding hydrogens is 320 g/mol. The van der Waals surface area contributed by atoms with Gasteiger partial charge in [0.1, 0.15) is 5.75 Å². The van der Waals surface area contributed by atoms with Crippen LogP contribution in [0.4, 0.5) is 0 Å². The first kappa shape index (κ1) is 17.2. The third-order valence-electron chi connectivity index (χ3n) is 4.05. The maximum absolute atomic E-state index is 11.9. The number of nitrogens with zero attached hydrogens (tertiary/aromatic N) is 2. The van der Waals surface area contributed by atoms with Gasteiger partial charge in [0.15, 0.2) is 0 Å². The summed E-state index contributed by atoms with van der Waals surface area (Å²) < 4.78 is 10.4. The maximum Gasteiger partial charge on any atom is 0.227 e. The van der Waals surface area contributed by atoms with Crippen LogP contribution in [-0.2, 0) is 11.2 Å². The monoisotopic (exact) mass is 342 g/mol. The number of aromatic nitrogens is 2. The number of nitrogens with one attached hydrogen (secondary N) is 2. The normalized spacial score (nSPS) is 14.0. The zero-order valence-electron chi connectivity index (χ0n) is 14.2. The average Bonchev–Trinajstić information content (AvgIpc) is 3.14. The number of carbonyl (C=O) groups excluding carboxylic acids is 1. The molecule has 2 heterocycles. The summed E-state index contributed by atoms with van der Waals surface area (Å²) in [5.74, 6) is 1.73. The Morgan fingerprint density at radius 2 is 2.20 bits per heavy atom. The molecule has 7 nitrogen and oxygen atoms in total. The molecule has 0 saturated heterocycles. The van der Waals surface area contributed by atoms with E-state index in [4.69, 9.17) is 9.26 Å². The van der Waals surface area contributed by atoms with Gasteiger partial charge in [-0.15, -0.1) is 0 Å². The summed E-state index contributed by atoms with van der Waals surface area (Å²) >= 11 is 0. The summed E-state index contributed by atoms with van der Waals surface area (Å²) in [6.07, 6.45) is 3.86. The first-order valence-electron chi connectivity index (χ1n) is 8.37. The number of carbonyl (C=O) groups is 1. The molecule has 0 fully saturated rings. The van der Waals surface area contributed by atoms with E-state index in [0.29, 0.717) is 31.1 Å². The molecule has 1 amide bonds. The van der Waals surface area contributed by atoms with Gasteiger partial charge in [-0.1, -0.05) is 16.8 Å². The second kappa shape index (κ2) is 8.43. The Labute approximate surface area is 146 Å². The van der Waals surface area contributed by atoms with E-state index < -0.39 is 0 Å². The van der Waals surface area contributed by atoms with Crippen molar-refractivity contribution in [2.45, 2.75) is 19.3 Å². The molecule has 2 N–H and O–H groups in total. The first-order chi connectivity index (χ1) is 12.2. The molecule has 1 aromatic heterocycles. The summed E-state index contributed by atoms with van der Waals surface area (Å²) in [6.45, 7) is 2.46. The van der Waals surface area contributed by atoms with E-state index in [1.165, 1.54) is 5.57 Å². The van der Waals surface area contributed by atoms with Crippen LogP contribution in [0.5, 0.6) is 5.75 Å². The van der Waals surface area contributed by atoms with Crippen molar-refractivity contribution in [3.63, 3.8) is 0 Å². The van der Waals surface area contributed by atoms with Crippen molar-refractivity contribution in [3.05, 3.63) is 41.8 Å². The second-order valence-corrected chi connectivity index (χ2v) is 5.83. The van der Waals surface area contributed by atoms with E-state index in [-0.39, 0.29) is 5.91 Å². The van der Waals surface area contributed by atoms with Gasteiger partial charge in [-0.3, -0.25) is 4.79 Å². The van der Waals surface area contributed by atoms with Crippen LogP contribution in [0.25, 0.3) is 11.4 Å². The summed E-state index contributed by atoms with van der Waals surface area (Å²) in [5, 5.41) is 10.1. The topological polar surface area (TPSA) is 89.3 Å². The van der Waals surface area contributed by atoms with Crippen LogP contribution in [0.1, 0.15) is 18.7 Å². The standard InChI is InChI=1S/C18H22N4O3/c1-24-15-4-2-14(3-5-15)18-21-17(25-22-18)7-6-16(23)20-12-13-8-10-19-11-9-13/h2-5,8,19H,6-7,9-12H2,1H3,(H,20,23). The van der Waals surface area contributed by atoms with Crippen LogP contribution in [-0.4, -0.2) is 42.8 Å². The average molecular weight is 342 g/mol. The highest BCUT2D eigenvalue weighted by atomic mass is 16.5. The Hall–Kier alpha value is -2.67. The van der Waals surface area contributed by atoms with Crippen molar-refractivity contribution < 1.29 is 14.1 Å². The number of ether oxygens (including phenoxy) is 1. The van der Waals surface area contributed by atoms with E-state index in [2.05, 4.69) is 26.9 Å². The second-order valence-electron chi connectivity index (χ2n) is 5.83. The van der Waals surface area contributed by atoms with Crippen LogP contribution < -0.4 is 15.4 Å². The van der Waals surface area contributed by atoms with Crippen molar-refractivity contribution >= 4 is 5.91 Å². The Bertz CT molecular complexity index is 737. The van der Waals surface area contributed by atoms with Crippen LogP contribution in [0.3, 0.4) is 0 Å². The summed E-state index contributed by atoms with van der Waals surface area (Å²) in [7, 11) is 1.62. The van der Waals surface area contributed by atoms with Gasteiger partial charge in [0.05, 0.1) is 7.11 Å². The Morgan fingerprint density at radius 3 is 2.92 bits per heavy atom. The van der Waals surface area contributed by atoms with E-state index in [0.717, 1.165) is 30.8 Å². The zero-order chi connectivity index (χ0) is 17.5. The van der Waals surface area contributed by atoms with E-state index in [1.54, 1.807) is 7.11 Å². The van der Waals surface area contributed by atoms with Crippen LogP contribution in [0.15, 0.2) is 40.4 Å². The molecule has 1 aromatic carbocycles. The van der Waals surface area contributed by atoms with Crippen molar-refractivity contribution in [1.82, 2.24) is 20.8 Å². The zero-order valence-corrected chi connectivity index (χ0v) is 14.2. The lowest BCUT2D eigenvalue weighted by Crippen LogP contribution is -2.29.